The van der Waals surface area contributed by atoms with E-state index in [0.717, 1.165) is 47.5 Å². The Morgan fingerprint density at radius 2 is 1.97 bits per heavy atom. The van der Waals surface area contributed by atoms with Crippen molar-refractivity contribution in [1.82, 2.24) is 29.1 Å². The van der Waals surface area contributed by atoms with Crippen LogP contribution in [0.4, 0.5) is 4.39 Å². The smallest absolute Gasteiger partial charge is 0.157 e. The Morgan fingerprint density at radius 1 is 1.03 bits per heavy atom. The van der Waals surface area contributed by atoms with E-state index in [1.54, 1.807) is 30.9 Å². The highest BCUT2D eigenvalue weighted by Gasteiger charge is 2.25. The second kappa shape index (κ2) is 6.99. The Bertz CT molecular complexity index is 1440. The molecule has 31 heavy (non-hydrogen) atoms. The average Bonchev–Trinajstić information content (AvgIpc) is 3.52. The molecular formula is C23H16ClFN6. The summed E-state index contributed by atoms with van der Waals surface area (Å²) in [6, 6.07) is 10.5. The second-order valence-corrected chi connectivity index (χ2v) is 7.94. The van der Waals surface area contributed by atoms with Crippen LogP contribution in [0.1, 0.15) is 12.2 Å². The van der Waals surface area contributed by atoms with Gasteiger partial charge in [-0.2, -0.15) is 0 Å². The van der Waals surface area contributed by atoms with E-state index in [4.69, 9.17) is 21.6 Å². The molecule has 8 heteroatoms. The quantitative estimate of drug-likeness (QED) is 0.400. The number of benzene rings is 2. The first-order valence-corrected chi connectivity index (χ1v) is 10.4. The van der Waals surface area contributed by atoms with E-state index in [1.165, 1.54) is 6.07 Å². The largest absolute Gasteiger partial charge is 0.327 e. The highest BCUT2D eigenvalue weighted by Crippen LogP contribution is 2.38. The normalized spacial score (nSPS) is 13.1. The number of nitrogens with zero attached hydrogens (tertiary/aromatic N) is 6. The second-order valence-electron chi connectivity index (χ2n) is 7.51. The molecule has 5 aromatic rings. The molecule has 2 aromatic carbocycles. The molecule has 3 aromatic heterocycles. The third-order valence-electron chi connectivity index (χ3n) is 5.58. The first-order chi connectivity index (χ1) is 15.2. The van der Waals surface area contributed by atoms with Gasteiger partial charge in [0.1, 0.15) is 18.0 Å². The van der Waals surface area contributed by atoms with E-state index in [0.29, 0.717) is 22.1 Å². The van der Waals surface area contributed by atoms with Crippen molar-refractivity contribution in [3.05, 3.63) is 78.0 Å². The molecule has 6 nitrogen and oxygen atoms in total. The van der Waals surface area contributed by atoms with Gasteiger partial charge < -0.3 is 4.57 Å². The number of imidazole rings is 2. The molecular weight excluding hydrogens is 415 g/mol. The fourth-order valence-electron chi connectivity index (χ4n) is 4.15. The standard InChI is InChI=1S/C23H16ClFN6/c24-15-4-5-17(25)16(11-15)22-23(31-8-1-2-20(31)29-22)14-3-6-18-19(10-14)28-21(12-27-18)30-9-7-26-13-30/h3-7,9-13H,1-2,8H2. The molecule has 0 unspecified atom stereocenters. The van der Waals surface area contributed by atoms with Crippen LogP contribution in [-0.4, -0.2) is 29.1 Å². The molecule has 1 aliphatic heterocycles. The number of aromatic nitrogens is 6. The highest BCUT2D eigenvalue weighted by molar-refractivity contribution is 6.30. The summed E-state index contributed by atoms with van der Waals surface area (Å²) in [4.78, 5) is 18.1. The minimum atomic E-state index is -0.342. The summed E-state index contributed by atoms with van der Waals surface area (Å²) in [5.41, 5.74) is 4.33. The molecule has 0 spiro atoms. The minimum Gasteiger partial charge on any atom is -0.327 e. The lowest BCUT2D eigenvalue weighted by molar-refractivity contribution is 0.630. The van der Waals surface area contributed by atoms with Crippen LogP contribution in [0.2, 0.25) is 5.02 Å². The van der Waals surface area contributed by atoms with Gasteiger partial charge in [0.15, 0.2) is 5.82 Å². The molecule has 0 atom stereocenters. The Labute approximate surface area is 182 Å². The highest BCUT2D eigenvalue weighted by atomic mass is 35.5. The summed E-state index contributed by atoms with van der Waals surface area (Å²) in [6.07, 6.45) is 8.81. The first kappa shape index (κ1) is 18.2. The van der Waals surface area contributed by atoms with Crippen LogP contribution < -0.4 is 0 Å². The van der Waals surface area contributed by atoms with Gasteiger partial charge in [-0.1, -0.05) is 17.7 Å². The average molecular weight is 431 g/mol. The van der Waals surface area contributed by atoms with Crippen LogP contribution in [0.25, 0.3) is 39.4 Å². The van der Waals surface area contributed by atoms with Gasteiger partial charge in [0, 0.05) is 41.5 Å². The van der Waals surface area contributed by atoms with E-state index in [2.05, 4.69) is 14.5 Å². The van der Waals surface area contributed by atoms with Crippen molar-refractivity contribution >= 4 is 22.6 Å². The molecule has 4 heterocycles. The third kappa shape index (κ3) is 3.00. The van der Waals surface area contributed by atoms with E-state index in [-0.39, 0.29) is 5.82 Å². The van der Waals surface area contributed by atoms with Gasteiger partial charge in [0.2, 0.25) is 0 Å². The summed E-state index contributed by atoms with van der Waals surface area (Å²) in [6.45, 7) is 0.846. The van der Waals surface area contributed by atoms with Crippen LogP contribution in [-0.2, 0) is 13.0 Å². The summed E-state index contributed by atoms with van der Waals surface area (Å²) in [5, 5.41) is 0.477. The number of fused-ring (bicyclic) bond motifs is 2. The maximum atomic E-state index is 14.7. The van der Waals surface area contributed by atoms with Crippen molar-refractivity contribution in [2.45, 2.75) is 19.4 Å². The SMILES string of the molecule is Fc1ccc(Cl)cc1-c1nc2n(c1-c1ccc3ncc(-n4ccnc4)nc3c1)CCC2. The Morgan fingerprint density at radius 3 is 2.84 bits per heavy atom. The Hall–Kier alpha value is -3.58. The van der Waals surface area contributed by atoms with Crippen LogP contribution in [0, 0.1) is 5.82 Å². The molecule has 0 fully saturated rings. The van der Waals surface area contributed by atoms with E-state index in [1.807, 2.05) is 29.0 Å². The molecule has 0 bridgehead atoms. The van der Waals surface area contributed by atoms with Crippen molar-refractivity contribution in [2.75, 3.05) is 0 Å². The predicted molar refractivity (Wildman–Crippen MR) is 117 cm³/mol. The molecule has 0 saturated heterocycles. The first-order valence-electron chi connectivity index (χ1n) is 9.98. The summed E-state index contributed by atoms with van der Waals surface area (Å²) < 4.78 is 18.7. The fraction of sp³-hybridized carbons (Fsp3) is 0.130. The summed E-state index contributed by atoms with van der Waals surface area (Å²) >= 11 is 6.18. The number of halogens is 2. The molecule has 6 rings (SSSR count). The van der Waals surface area contributed by atoms with Crippen molar-refractivity contribution < 1.29 is 4.39 Å². The van der Waals surface area contributed by atoms with Crippen molar-refractivity contribution in [1.29, 1.82) is 0 Å². The molecule has 0 saturated carbocycles. The van der Waals surface area contributed by atoms with Gasteiger partial charge in [-0.15, -0.1) is 0 Å². The van der Waals surface area contributed by atoms with Crippen molar-refractivity contribution in [2.24, 2.45) is 0 Å². The molecule has 1 aliphatic rings. The van der Waals surface area contributed by atoms with E-state index in [9.17, 15) is 4.39 Å². The molecule has 152 valence electrons. The Kier molecular flexibility index (Phi) is 4.11. The lowest BCUT2D eigenvalue weighted by Crippen LogP contribution is -1.99. The van der Waals surface area contributed by atoms with Crippen LogP contribution in [0.15, 0.2) is 61.3 Å². The van der Waals surface area contributed by atoms with E-state index < -0.39 is 0 Å². The summed E-state index contributed by atoms with van der Waals surface area (Å²) in [7, 11) is 0. The molecule has 0 aliphatic carbocycles. The minimum absolute atomic E-state index is 0.342. The third-order valence-corrected chi connectivity index (χ3v) is 5.82. The lowest BCUT2D eigenvalue weighted by atomic mass is 10.0. The predicted octanol–water partition coefficient (Wildman–Crippen LogP) is 5.08. The van der Waals surface area contributed by atoms with Crippen LogP contribution >= 0.6 is 11.6 Å². The van der Waals surface area contributed by atoms with Gasteiger partial charge in [-0.3, -0.25) is 9.55 Å². The number of rotatable bonds is 3. The summed E-state index contributed by atoms with van der Waals surface area (Å²) in [5.74, 6) is 1.30. The number of hydrogen-bond donors (Lipinski definition) is 0. The maximum Gasteiger partial charge on any atom is 0.157 e. The van der Waals surface area contributed by atoms with Crippen LogP contribution in [0.5, 0.6) is 0 Å². The topological polar surface area (TPSA) is 61.4 Å². The monoisotopic (exact) mass is 430 g/mol. The lowest BCUT2D eigenvalue weighted by Gasteiger charge is -2.11. The van der Waals surface area contributed by atoms with Crippen molar-refractivity contribution in [3.63, 3.8) is 0 Å². The molecule has 0 amide bonds. The molecule has 0 N–H and O–H groups in total. The number of aryl methyl sites for hydroxylation is 1. The number of hydrogen-bond acceptors (Lipinski definition) is 4. The fourth-order valence-corrected chi connectivity index (χ4v) is 4.33. The van der Waals surface area contributed by atoms with Gasteiger partial charge in [0.25, 0.3) is 0 Å². The molecule has 0 radical (unpaired) electrons. The maximum absolute atomic E-state index is 14.7. The zero-order chi connectivity index (χ0) is 20.9. The zero-order valence-electron chi connectivity index (χ0n) is 16.3. The van der Waals surface area contributed by atoms with E-state index >= 15 is 0 Å². The van der Waals surface area contributed by atoms with Gasteiger partial charge in [0.05, 0.1) is 28.6 Å². The Balaban J connectivity index is 1.56. The van der Waals surface area contributed by atoms with Gasteiger partial charge in [-0.05, 0) is 36.8 Å². The van der Waals surface area contributed by atoms with Crippen LogP contribution in [0.3, 0.4) is 0 Å². The van der Waals surface area contributed by atoms with Gasteiger partial charge in [-0.25, -0.2) is 19.3 Å². The van der Waals surface area contributed by atoms with Gasteiger partial charge >= 0.3 is 0 Å². The zero-order valence-corrected chi connectivity index (χ0v) is 17.1. The van der Waals surface area contributed by atoms with Crippen molar-refractivity contribution in [3.8, 4) is 28.3 Å².